The molecule has 1 amide bonds. The van der Waals surface area contributed by atoms with Crippen molar-refractivity contribution in [3.8, 4) is 0 Å². The van der Waals surface area contributed by atoms with Crippen LogP contribution in [0.15, 0.2) is 48.5 Å². The number of rotatable bonds is 5. The molecule has 2 aromatic rings. The van der Waals surface area contributed by atoms with Crippen LogP contribution in [0.5, 0.6) is 0 Å². The number of amides is 1. The maximum atomic E-state index is 13.7. The SMILES string of the molecule is O=C(Nc1c(F)cccc1F)C1CCN(S(=O)(=O)Cc2ccccc2)CC1. The molecule has 8 heteroatoms. The summed E-state index contributed by atoms with van der Waals surface area (Å²) in [6, 6.07) is 12.2. The van der Waals surface area contributed by atoms with Gasteiger partial charge in [0.05, 0.1) is 5.75 Å². The summed E-state index contributed by atoms with van der Waals surface area (Å²) in [6.07, 6.45) is 0.603. The van der Waals surface area contributed by atoms with Crippen LogP contribution in [0.1, 0.15) is 18.4 Å². The molecule has 27 heavy (non-hydrogen) atoms. The lowest BCUT2D eigenvalue weighted by Gasteiger charge is -2.30. The Balaban J connectivity index is 1.59. The third-order valence-corrected chi connectivity index (χ3v) is 6.47. The van der Waals surface area contributed by atoms with Gasteiger partial charge in [-0.15, -0.1) is 0 Å². The number of hydrogen-bond donors (Lipinski definition) is 1. The van der Waals surface area contributed by atoms with Gasteiger partial charge in [-0.1, -0.05) is 36.4 Å². The minimum atomic E-state index is -3.48. The Kier molecular flexibility index (Phi) is 5.86. The van der Waals surface area contributed by atoms with E-state index < -0.39 is 39.2 Å². The summed E-state index contributed by atoms with van der Waals surface area (Å²) in [7, 11) is -3.48. The van der Waals surface area contributed by atoms with E-state index in [2.05, 4.69) is 5.32 Å². The number of hydrogen-bond acceptors (Lipinski definition) is 3. The van der Waals surface area contributed by atoms with Crippen molar-refractivity contribution in [1.82, 2.24) is 4.31 Å². The highest BCUT2D eigenvalue weighted by molar-refractivity contribution is 7.88. The number of nitrogens with zero attached hydrogens (tertiary/aromatic N) is 1. The third kappa shape index (κ3) is 4.70. The number of anilines is 1. The van der Waals surface area contributed by atoms with Crippen LogP contribution in [-0.4, -0.2) is 31.7 Å². The average Bonchev–Trinajstić information content (AvgIpc) is 2.65. The van der Waals surface area contributed by atoms with E-state index in [9.17, 15) is 22.0 Å². The van der Waals surface area contributed by atoms with Crippen molar-refractivity contribution in [2.45, 2.75) is 18.6 Å². The van der Waals surface area contributed by atoms with E-state index in [1.165, 1.54) is 10.4 Å². The predicted molar refractivity (Wildman–Crippen MR) is 98.4 cm³/mol. The van der Waals surface area contributed by atoms with E-state index in [4.69, 9.17) is 0 Å². The topological polar surface area (TPSA) is 66.5 Å². The molecule has 5 nitrogen and oxygen atoms in total. The van der Waals surface area contributed by atoms with Crippen LogP contribution in [0.2, 0.25) is 0 Å². The number of para-hydroxylation sites is 1. The first-order valence-electron chi connectivity index (χ1n) is 8.63. The first kappa shape index (κ1) is 19.4. The minimum Gasteiger partial charge on any atom is -0.321 e. The lowest BCUT2D eigenvalue weighted by molar-refractivity contribution is -0.121. The zero-order chi connectivity index (χ0) is 19.4. The summed E-state index contributed by atoms with van der Waals surface area (Å²) in [4.78, 5) is 12.3. The highest BCUT2D eigenvalue weighted by Gasteiger charge is 2.31. The summed E-state index contributed by atoms with van der Waals surface area (Å²) in [6.45, 7) is 0.403. The molecular weight excluding hydrogens is 374 g/mol. The second kappa shape index (κ2) is 8.14. The number of sulfonamides is 1. The predicted octanol–water partition coefficient (Wildman–Crippen LogP) is 3.15. The fourth-order valence-corrected chi connectivity index (χ4v) is 4.68. The molecule has 0 bridgehead atoms. The zero-order valence-corrected chi connectivity index (χ0v) is 15.4. The Labute approximate surface area is 157 Å². The maximum absolute atomic E-state index is 13.7. The number of piperidine rings is 1. The van der Waals surface area contributed by atoms with Crippen LogP contribution in [0.3, 0.4) is 0 Å². The normalized spacial score (nSPS) is 16.2. The van der Waals surface area contributed by atoms with Crippen molar-refractivity contribution in [3.63, 3.8) is 0 Å². The van der Waals surface area contributed by atoms with Gasteiger partial charge in [-0.2, -0.15) is 0 Å². The Hall–Kier alpha value is -2.32. The summed E-state index contributed by atoms with van der Waals surface area (Å²) in [5.74, 6) is -2.77. The van der Waals surface area contributed by atoms with Crippen LogP contribution < -0.4 is 5.32 Å². The number of benzene rings is 2. The van der Waals surface area contributed by atoms with Gasteiger partial charge < -0.3 is 5.32 Å². The molecule has 1 fully saturated rings. The van der Waals surface area contributed by atoms with Gasteiger partial charge in [0.15, 0.2) is 0 Å². The van der Waals surface area contributed by atoms with Gasteiger partial charge >= 0.3 is 0 Å². The van der Waals surface area contributed by atoms with E-state index >= 15 is 0 Å². The molecule has 3 rings (SSSR count). The van der Waals surface area contributed by atoms with Gasteiger partial charge in [-0.3, -0.25) is 4.79 Å². The minimum absolute atomic E-state index is 0.0921. The molecule has 1 heterocycles. The van der Waals surface area contributed by atoms with E-state index in [-0.39, 0.29) is 18.8 Å². The van der Waals surface area contributed by atoms with Crippen molar-refractivity contribution < 1.29 is 22.0 Å². The van der Waals surface area contributed by atoms with Gasteiger partial charge in [-0.25, -0.2) is 21.5 Å². The Morgan fingerprint density at radius 1 is 1.00 bits per heavy atom. The number of carbonyl (C=O) groups is 1. The molecule has 0 spiro atoms. The molecule has 0 aromatic heterocycles. The van der Waals surface area contributed by atoms with Gasteiger partial charge in [-0.05, 0) is 30.5 Å². The van der Waals surface area contributed by atoms with Crippen molar-refractivity contribution in [3.05, 3.63) is 65.7 Å². The Morgan fingerprint density at radius 2 is 1.59 bits per heavy atom. The summed E-state index contributed by atoms with van der Waals surface area (Å²) in [5.41, 5.74) is 0.231. The smallest absolute Gasteiger partial charge is 0.227 e. The van der Waals surface area contributed by atoms with Gasteiger partial charge in [0, 0.05) is 19.0 Å². The molecule has 1 aliphatic rings. The lowest BCUT2D eigenvalue weighted by atomic mass is 9.97. The zero-order valence-electron chi connectivity index (χ0n) is 14.6. The largest absolute Gasteiger partial charge is 0.321 e. The van der Waals surface area contributed by atoms with Crippen LogP contribution in [0.4, 0.5) is 14.5 Å². The van der Waals surface area contributed by atoms with Crippen LogP contribution in [-0.2, 0) is 20.6 Å². The third-order valence-electron chi connectivity index (χ3n) is 4.62. The van der Waals surface area contributed by atoms with E-state index in [0.29, 0.717) is 18.4 Å². The van der Waals surface area contributed by atoms with Crippen molar-refractivity contribution in [2.24, 2.45) is 5.92 Å². The molecular formula is C19H20F2N2O3S. The second-order valence-corrected chi connectivity index (χ2v) is 8.47. The second-order valence-electron chi connectivity index (χ2n) is 6.50. The molecule has 1 N–H and O–H groups in total. The van der Waals surface area contributed by atoms with Crippen molar-refractivity contribution in [1.29, 1.82) is 0 Å². The summed E-state index contributed by atoms with van der Waals surface area (Å²) < 4.78 is 53.8. The number of carbonyl (C=O) groups excluding carboxylic acids is 1. The first-order chi connectivity index (χ1) is 12.9. The van der Waals surface area contributed by atoms with Gasteiger partial charge in [0.2, 0.25) is 15.9 Å². The maximum Gasteiger partial charge on any atom is 0.227 e. The van der Waals surface area contributed by atoms with Crippen LogP contribution in [0.25, 0.3) is 0 Å². The van der Waals surface area contributed by atoms with E-state index in [1.807, 2.05) is 6.07 Å². The molecule has 1 aliphatic heterocycles. The van der Waals surface area contributed by atoms with Gasteiger partial charge in [0.1, 0.15) is 17.3 Å². The summed E-state index contributed by atoms with van der Waals surface area (Å²) in [5, 5.41) is 2.28. The molecule has 0 atom stereocenters. The van der Waals surface area contributed by atoms with Crippen molar-refractivity contribution >= 4 is 21.6 Å². The van der Waals surface area contributed by atoms with Crippen molar-refractivity contribution in [2.75, 3.05) is 18.4 Å². The first-order valence-corrected chi connectivity index (χ1v) is 10.2. The fraction of sp³-hybridized carbons (Fsp3) is 0.316. The molecule has 144 valence electrons. The Bertz CT molecular complexity index is 892. The molecule has 2 aromatic carbocycles. The highest BCUT2D eigenvalue weighted by Crippen LogP contribution is 2.25. The monoisotopic (exact) mass is 394 g/mol. The molecule has 0 aliphatic carbocycles. The van der Waals surface area contributed by atoms with Crippen LogP contribution in [0, 0.1) is 17.6 Å². The average molecular weight is 394 g/mol. The Morgan fingerprint density at radius 3 is 2.19 bits per heavy atom. The summed E-state index contributed by atoms with van der Waals surface area (Å²) >= 11 is 0. The highest BCUT2D eigenvalue weighted by atomic mass is 32.2. The number of nitrogens with one attached hydrogen (secondary N) is 1. The van der Waals surface area contributed by atoms with E-state index in [0.717, 1.165) is 12.1 Å². The fourth-order valence-electron chi connectivity index (χ4n) is 3.11. The quantitative estimate of drug-likeness (QED) is 0.847. The van der Waals surface area contributed by atoms with E-state index in [1.54, 1.807) is 24.3 Å². The molecule has 0 unspecified atom stereocenters. The molecule has 0 radical (unpaired) electrons. The number of halogens is 2. The van der Waals surface area contributed by atoms with Gasteiger partial charge in [0.25, 0.3) is 0 Å². The molecule has 1 saturated heterocycles. The lowest BCUT2D eigenvalue weighted by Crippen LogP contribution is -2.42. The van der Waals surface area contributed by atoms with Crippen LogP contribution >= 0.6 is 0 Å². The standard InChI is InChI=1S/C19H20F2N2O3S/c20-16-7-4-8-17(21)18(16)22-19(24)15-9-11-23(12-10-15)27(25,26)13-14-5-2-1-3-6-14/h1-8,15H,9-13H2,(H,22,24). The molecule has 0 saturated carbocycles.